The Labute approximate surface area is 119 Å². The van der Waals surface area contributed by atoms with E-state index in [1.165, 1.54) is 0 Å². The molecule has 0 bridgehead atoms. The number of hydrazone groups is 1. The Morgan fingerprint density at radius 2 is 1.70 bits per heavy atom. The highest BCUT2D eigenvalue weighted by Gasteiger charge is 2.02. The molecule has 0 unspecified atom stereocenters. The van der Waals surface area contributed by atoms with Gasteiger partial charge >= 0.3 is 0 Å². The minimum absolute atomic E-state index is 0.452. The van der Waals surface area contributed by atoms with Crippen LogP contribution in [0.1, 0.15) is 5.56 Å². The summed E-state index contributed by atoms with van der Waals surface area (Å²) in [4.78, 5) is 0. The molecule has 0 aliphatic rings. The average molecular weight is 270 g/mol. The van der Waals surface area contributed by atoms with Crippen molar-refractivity contribution in [3.63, 3.8) is 0 Å². The fraction of sp³-hybridized carbons (Fsp3) is 0.188. The quantitative estimate of drug-likeness (QED) is 0.647. The van der Waals surface area contributed by atoms with E-state index in [0.29, 0.717) is 6.61 Å². The molecule has 0 aromatic heterocycles. The van der Waals surface area contributed by atoms with Gasteiger partial charge in [0.25, 0.3) is 0 Å². The first-order valence-corrected chi connectivity index (χ1v) is 6.34. The fourth-order valence-electron chi connectivity index (χ4n) is 1.74. The van der Waals surface area contributed by atoms with E-state index < -0.39 is 0 Å². The molecule has 2 rings (SSSR count). The Balaban J connectivity index is 2.12. The van der Waals surface area contributed by atoms with E-state index in [4.69, 9.17) is 9.47 Å². The van der Waals surface area contributed by atoms with E-state index in [9.17, 15) is 0 Å². The lowest BCUT2D eigenvalue weighted by Crippen LogP contribution is -2.11. The molecule has 0 saturated carbocycles. The monoisotopic (exact) mass is 270 g/mol. The van der Waals surface area contributed by atoms with E-state index in [1.807, 2.05) is 54.6 Å². The third-order valence-electron chi connectivity index (χ3n) is 2.80. The molecule has 0 spiro atoms. The molecule has 4 heteroatoms. The van der Waals surface area contributed by atoms with Gasteiger partial charge in [0.1, 0.15) is 5.75 Å². The lowest BCUT2D eigenvalue weighted by Gasteiger charge is -2.07. The number of hydrogen-bond acceptors (Lipinski definition) is 4. The summed E-state index contributed by atoms with van der Waals surface area (Å²) < 4.78 is 10.3. The van der Waals surface area contributed by atoms with Crippen LogP contribution in [0.15, 0.2) is 59.7 Å². The molecule has 0 aliphatic heterocycles. The van der Waals surface area contributed by atoms with Crippen LogP contribution in [0.25, 0.3) is 0 Å². The fourth-order valence-corrected chi connectivity index (χ4v) is 1.74. The Morgan fingerprint density at radius 1 is 1.00 bits per heavy atom. The highest BCUT2D eigenvalue weighted by Crippen LogP contribution is 2.15. The van der Waals surface area contributed by atoms with E-state index in [1.54, 1.807) is 14.2 Å². The van der Waals surface area contributed by atoms with Gasteiger partial charge in [0.2, 0.25) is 0 Å². The normalized spacial score (nSPS) is 11.2. The highest BCUT2D eigenvalue weighted by atomic mass is 16.5. The van der Waals surface area contributed by atoms with E-state index in [0.717, 1.165) is 22.7 Å². The van der Waals surface area contributed by atoms with E-state index >= 15 is 0 Å². The van der Waals surface area contributed by atoms with Crippen molar-refractivity contribution in [2.45, 2.75) is 0 Å². The third-order valence-corrected chi connectivity index (χ3v) is 2.80. The topological polar surface area (TPSA) is 42.8 Å². The molecular weight excluding hydrogens is 252 g/mol. The van der Waals surface area contributed by atoms with Crippen molar-refractivity contribution in [2.24, 2.45) is 5.10 Å². The van der Waals surface area contributed by atoms with Gasteiger partial charge in [-0.25, -0.2) is 0 Å². The van der Waals surface area contributed by atoms with Gasteiger partial charge in [-0.15, -0.1) is 0 Å². The molecule has 0 aliphatic carbocycles. The number of hydrogen-bond donors (Lipinski definition) is 1. The molecular formula is C16H18N2O2. The molecule has 20 heavy (non-hydrogen) atoms. The maximum atomic E-state index is 5.19. The van der Waals surface area contributed by atoms with Crippen LogP contribution in [0.2, 0.25) is 0 Å². The summed E-state index contributed by atoms with van der Waals surface area (Å²) in [6.07, 6.45) is 0. The number of methoxy groups -OCH3 is 2. The van der Waals surface area contributed by atoms with E-state index in [2.05, 4.69) is 10.5 Å². The molecule has 4 nitrogen and oxygen atoms in total. The van der Waals surface area contributed by atoms with Gasteiger partial charge in [-0.2, -0.15) is 5.10 Å². The van der Waals surface area contributed by atoms with Crippen LogP contribution in [0, 0.1) is 0 Å². The molecule has 0 saturated heterocycles. The summed E-state index contributed by atoms with van der Waals surface area (Å²) in [6, 6.07) is 17.6. The van der Waals surface area contributed by atoms with Crippen LogP contribution in [-0.4, -0.2) is 26.5 Å². The molecule has 1 N–H and O–H groups in total. The Kier molecular flexibility index (Phi) is 5.15. The first-order chi connectivity index (χ1) is 9.83. The van der Waals surface area contributed by atoms with Gasteiger partial charge in [-0.1, -0.05) is 30.3 Å². The zero-order valence-electron chi connectivity index (χ0n) is 11.7. The Bertz CT molecular complexity index is 550. The summed E-state index contributed by atoms with van der Waals surface area (Å²) in [7, 11) is 3.30. The summed E-state index contributed by atoms with van der Waals surface area (Å²) in [5.41, 5.74) is 5.82. The molecule has 104 valence electrons. The minimum Gasteiger partial charge on any atom is -0.497 e. The molecule has 2 aromatic carbocycles. The van der Waals surface area contributed by atoms with Crippen molar-refractivity contribution < 1.29 is 9.47 Å². The van der Waals surface area contributed by atoms with Gasteiger partial charge in [-0.05, 0) is 24.3 Å². The molecule has 0 atom stereocenters. The molecule has 0 fully saturated rings. The van der Waals surface area contributed by atoms with Gasteiger partial charge in [-0.3, -0.25) is 5.43 Å². The first-order valence-electron chi connectivity index (χ1n) is 6.34. The van der Waals surface area contributed by atoms with Crippen LogP contribution >= 0.6 is 0 Å². The van der Waals surface area contributed by atoms with Crippen LogP contribution in [0.5, 0.6) is 5.75 Å². The third kappa shape index (κ3) is 3.83. The molecule has 2 aromatic rings. The zero-order chi connectivity index (χ0) is 14.2. The maximum Gasteiger partial charge on any atom is 0.119 e. The van der Waals surface area contributed by atoms with Crippen molar-refractivity contribution >= 4 is 11.4 Å². The first kappa shape index (κ1) is 14.1. The molecule has 0 heterocycles. The van der Waals surface area contributed by atoms with Gasteiger partial charge in [0.05, 0.1) is 25.1 Å². The van der Waals surface area contributed by atoms with E-state index in [-0.39, 0.29) is 0 Å². The van der Waals surface area contributed by atoms with Gasteiger partial charge < -0.3 is 9.47 Å². The maximum absolute atomic E-state index is 5.19. The van der Waals surface area contributed by atoms with Crippen molar-refractivity contribution in [3.05, 3.63) is 60.2 Å². The molecule has 0 amide bonds. The largest absolute Gasteiger partial charge is 0.497 e. The predicted molar refractivity (Wildman–Crippen MR) is 81.5 cm³/mol. The summed E-state index contributed by atoms with van der Waals surface area (Å²) in [6.45, 7) is 0.452. The number of nitrogens with zero attached hydrogens (tertiary/aromatic N) is 1. The van der Waals surface area contributed by atoms with Crippen molar-refractivity contribution in [2.75, 3.05) is 26.3 Å². The lowest BCUT2D eigenvalue weighted by atomic mass is 10.1. The van der Waals surface area contributed by atoms with Crippen LogP contribution in [-0.2, 0) is 4.74 Å². The standard InChI is InChI=1S/C16H18N2O2/c1-19-12-16(13-6-4-3-5-7-13)18-17-14-8-10-15(20-2)11-9-14/h3-11,17H,12H2,1-2H3. The highest BCUT2D eigenvalue weighted by molar-refractivity contribution is 6.01. The second kappa shape index (κ2) is 7.31. The van der Waals surface area contributed by atoms with Crippen molar-refractivity contribution in [3.8, 4) is 5.75 Å². The van der Waals surface area contributed by atoms with Crippen molar-refractivity contribution in [1.82, 2.24) is 0 Å². The lowest BCUT2D eigenvalue weighted by molar-refractivity contribution is 0.245. The number of benzene rings is 2. The molecule has 0 radical (unpaired) electrons. The summed E-state index contributed by atoms with van der Waals surface area (Å²) in [5.74, 6) is 0.819. The minimum atomic E-state index is 0.452. The Hall–Kier alpha value is -2.33. The SMILES string of the molecule is COCC(=NNc1ccc(OC)cc1)c1ccccc1. The van der Waals surface area contributed by atoms with Crippen LogP contribution in [0.4, 0.5) is 5.69 Å². The van der Waals surface area contributed by atoms with Crippen LogP contribution < -0.4 is 10.2 Å². The van der Waals surface area contributed by atoms with Gasteiger partial charge in [0.15, 0.2) is 0 Å². The number of ether oxygens (including phenoxy) is 2. The smallest absolute Gasteiger partial charge is 0.119 e. The second-order valence-corrected chi connectivity index (χ2v) is 4.20. The summed E-state index contributed by atoms with van der Waals surface area (Å²) >= 11 is 0. The van der Waals surface area contributed by atoms with Gasteiger partial charge in [0, 0.05) is 12.7 Å². The number of nitrogens with one attached hydrogen (secondary N) is 1. The van der Waals surface area contributed by atoms with Crippen LogP contribution in [0.3, 0.4) is 0 Å². The second-order valence-electron chi connectivity index (χ2n) is 4.20. The van der Waals surface area contributed by atoms with Crippen molar-refractivity contribution in [1.29, 1.82) is 0 Å². The summed E-state index contributed by atoms with van der Waals surface area (Å²) in [5, 5.41) is 4.41. The zero-order valence-corrected chi connectivity index (χ0v) is 11.7. The predicted octanol–water partition coefficient (Wildman–Crippen LogP) is 3.16. The number of anilines is 1. The average Bonchev–Trinajstić information content (AvgIpc) is 2.53. The Morgan fingerprint density at radius 3 is 2.30 bits per heavy atom. The number of rotatable bonds is 6.